The Morgan fingerprint density at radius 3 is 2.65 bits per heavy atom. The zero-order valence-corrected chi connectivity index (χ0v) is 12.4. The van der Waals surface area contributed by atoms with E-state index in [1.165, 1.54) is 4.90 Å². The lowest BCUT2D eigenvalue weighted by atomic mass is 10.1. The van der Waals surface area contributed by atoms with Gasteiger partial charge in [0.2, 0.25) is 0 Å². The molecule has 0 aliphatic carbocycles. The number of carbonyl (C=O) groups is 1. The number of nitrogens with two attached hydrogens (primary N) is 1. The highest BCUT2D eigenvalue weighted by Gasteiger charge is 2.16. The van der Waals surface area contributed by atoms with Crippen LogP contribution in [0.2, 0.25) is 0 Å². The fourth-order valence-electron chi connectivity index (χ4n) is 1.84. The Hall–Kier alpha value is -2.32. The van der Waals surface area contributed by atoms with Crippen molar-refractivity contribution in [3.63, 3.8) is 0 Å². The van der Waals surface area contributed by atoms with Crippen molar-refractivity contribution in [3.8, 4) is 6.07 Å². The van der Waals surface area contributed by atoms with Crippen molar-refractivity contribution >= 4 is 33.2 Å². The molecule has 0 spiro atoms. The summed E-state index contributed by atoms with van der Waals surface area (Å²) < 4.78 is 0.745. The summed E-state index contributed by atoms with van der Waals surface area (Å²) in [4.78, 5) is 13.9. The van der Waals surface area contributed by atoms with Crippen LogP contribution in [0.1, 0.15) is 15.9 Å². The standard InChI is InChI=1S/C15H12BrN3O/c1-19(14-5-3-2-4-11(14)9-17)15(20)10-6-7-12(16)13(18)8-10/h2-8H,18H2,1H3. The summed E-state index contributed by atoms with van der Waals surface area (Å²) in [6.45, 7) is 0. The first-order chi connectivity index (χ1) is 9.54. The molecule has 2 aromatic carbocycles. The van der Waals surface area contributed by atoms with E-state index in [0.29, 0.717) is 22.5 Å². The lowest BCUT2D eigenvalue weighted by molar-refractivity contribution is 0.0993. The summed E-state index contributed by atoms with van der Waals surface area (Å²) >= 11 is 3.29. The minimum absolute atomic E-state index is 0.216. The van der Waals surface area contributed by atoms with E-state index in [1.807, 2.05) is 0 Å². The predicted molar refractivity (Wildman–Crippen MR) is 82.4 cm³/mol. The fraction of sp³-hybridized carbons (Fsp3) is 0.0667. The summed E-state index contributed by atoms with van der Waals surface area (Å²) in [5.41, 5.74) is 7.78. The third-order valence-corrected chi connectivity index (χ3v) is 3.66. The average molecular weight is 330 g/mol. The lowest BCUT2D eigenvalue weighted by Gasteiger charge is -2.18. The first-order valence-electron chi connectivity index (χ1n) is 5.87. The largest absolute Gasteiger partial charge is 0.398 e. The smallest absolute Gasteiger partial charge is 0.258 e. The van der Waals surface area contributed by atoms with Gasteiger partial charge < -0.3 is 10.6 Å². The van der Waals surface area contributed by atoms with Crippen LogP contribution in [0.15, 0.2) is 46.9 Å². The molecule has 0 bridgehead atoms. The van der Waals surface area contributed by atoms with Gasteiger partial charge in [0, 0.05) is 22.8 Å². The summed E-state index contributed by atoms with van der Waals surface area (Å²) in [6.07, 6.45) is 0. The van der Waals surface area contributed by atoms with Gasteiger partial charge in [-0.25, -0.2) is 0 Å². The fourth-order valence-corrected chi connectivity index (χ4v) is 2.09. The molecule has 0 saturated heterocycles. The molecule has 0 aliphatic rings. The van der Waals surface area contributed by atoms with E-state index in [4.69, 9.17) is 11.0 Å². The van der Waals surface area contributed by atoms with Gasteiger partial charge in [0.15, 0.2) is 0 Å². The van der Waals surface area contributed by atoms with Gasteiger partial charge >= 0.3 is 0 Å². The van der Waals surface area contributed by atoms with Crippen LogP contribution in [-0.2, 0) is 0 Å². The van der Waals surface area contributed by atoms with Crippen LogP contribution in [0.4, 0.5) is 11.4 Å². The number of halogens is 1. The van der Waals surface area contributed by atoms with Crippen LogP contribution in [0, 0.1) is 11.3 Å². The van der Waals surface area contributed by atoms with E-state index in [0.717, 1.165) is 4.47 Å². The lowest BCUT2D eigenvalue weighted by Crippen LogP contribution is -2.27. The van der Waals surface area contributed by atoms with Crippen molar-refractivity contribution in [1.29, 1.82) is 5.26 Å². The molecule has 1 amide bonds. The minimum Gasteiger partial charge on any atom is -0.398 e. The van der Waals surface area contributed by atoms with Gasteiger partial charge in [0.25, 0.3) is 5.91 Å². The molecule has 2 N–H and O–H groups in total. The molecular formula is C15H12BrN3O. The van der Waals surface area contributed by atoms with Crippen LogP contribution >= 0.6 is 15.9 Å². The average Bonchev–Trinajstić information content (AvgIpc) is 2.48. The highest BCUT2D eigenvalue weighted by molar-refractivity contribution is 9.10. The number of hydrogen-bond donors (Lipinski definition) is 1. The van der Waals surface area contributed by atoms with Crippen molar-refractivity contribution in [2.75, 3.05) is 17.7 Å². The van der Waals surface area contributed by atoms with E-state index in [9.17, 15) is 4.79 Å². The maximum atomic E-state index is 12.4. The maximum absolute atomic E-state index is 12.4. The van der Waals surface area contributed by atoms with E-state index >= 15 is 0 Å². The highest BCUT2D eigenvalue weighted by Crippen LogP contribution is 2.24. The van der Waals surface area contributed by atoms with Crippen LogP contribution < -0.4 is 10.6 Å². The number of carbonyl (C=O) groups excluding carboxylic acids is 1. The van der Waals surface area contributed by atoms with Gasteiger partial charge in [-0.2, -0.15) is 5.26 Å². The third-order valence-electron chi connectivity index (χ3n) is 2.93. The molecule has 100 valence electrons. The molecule has 0 radical (unpaired) electrons. The van der Waals surface area contributed by atoms with E-state index in [-0.39, 0.29) is 5.91 Å². The highest BCUT2D eigenvalue weighted by atomic mass is 79.9. The number of hydrogen-bond acceptors (Lipinski definition) is 3. The Morgan fingerprint density at radius 1 is 1.30 bits per heavy atom. The molecule has 0 atom stereocenters. The van der Waals surface area contributed by atoms with Crippen molar-refractivity contribution in [2.45, 2.75) is 0 Å². The van der Waals surface area contributed by atoms with Gasteiger partial charge in [0.05, 0.1) is 11.3 Å². The zero-order chi connectivity index (χ0) is 14.7. The molecule has 0 heterocycles. The number of nitrogens with zero attached hydrogens (tertiary/aromatic N) is 2. The monoisotopic (exact) mass is 329 g/mol. The number of nitrogen functional groups attached to an aromatic ring is 1. The van der Waals surface area contributed by atoms with Crippen molar-refractivity contribution in [2.24, 2.45) is 0 Å². The molecule has 20 heavy (non-hydrogen) atoms. The molecule has 4 nitrogen and oxygen atoms in total. The molecule has 2 aromatic rings. The second-order valence-corrected chi connectivity index (χ2v) is 5.08. The molecule has 5 heteroatoms. The maximum Gasteiger partial charge on any atom is 0.258 e. The Morgan fingerprint density at radius 2 is 2.00 bits per heavy atom. The molecule has 0 fully saturated rings. The number of anilines is 2. The first-order valence-corrected chi connectivity index (χ1v) is 6.66. The topological polar surface area (TPSA) is 70.1 Å². The Bertz CT molecular complexity index is 707. The molecule has 2 rings (SSSR count). The molecule has 0 saturated carbocycles. The molecule has 0 unspecified atom stereocenters. The molecular weight excluding hydrogens is 318 g/mol. The van der Waals surface area contributed by atoms with Crippen LogP contribution in [0.3, 0.4) is 0 Å². The van der Waals surface area contributed by atoms with Crippen molar-refractivity contribution in [1.82, 2.24) is 0 Å². The van der Waals surface area contributed by atoms with Gasteiger partial charge in [0.1, 0.15) is 6.07 Å². The Kier molecular flexibility index (Phi) is 4.06. The number of nitriles is 1. The van der Waals surface area contributed by atoms with E-state index in [1.54, 1.807) is 49.5 Å². The summed E-state index contributed by atoms with van der Waals surface area (Å²) in [5, 5.41) is 9.09. The minimum atomic E-state index is -0.216. The van der Waals surface area contributed by atoms with Crippen molar-refractivity contribution < 1.29 is 4.79 Å². The summed E-state index contributed by atoms with van der Waals surface area (Å²) in [7, 11) is 1.64. The second-order valence-electron chi connectivity index (χ2n) is 4.23. The number of amides is 1. The molecule has 0 aliphatic heterocycles. The first kappa shape index (κ1) is 14.1. The van der Waals surface area contributed by atoms with Crippen LogP contribution in [0.5, 0.6) is 0 Å². The SMILES string of the molecule is CN(C(=O)c1ccc(Br)c(N)c1)c1ccccc1C#N. The van der Waals surface area contributed by atoms with Gasteiger partial charge in [-0.15, -0.1) is 0 Å². The Balaban J connectivity index is 2.38. The quantitative estimate of drug-likeness (QED) is 0.860. The van der Waals surface area contributed by atoms with Crippen LogP contribution in [-0.4, -0.2) is 13.0 Å². The number of rotatable bonds is 2. The second kappa shape index (κ2) is 5.76. The van der Waals surface area contributed by atoms with E-state index in [2.05, 4.69) is 22.0 Å². The normalized spacial score (nSPS) is 9.85. The van der Waals surface area contributed by atoms with E-state index < -0.39 is 0 Å². The summed E-state index contributed by atoms with van der Waals surface area (Å²) in [6, 6.07) is 14.1. The number of benzene rings is 2. The Labute approximate surface area is 125 Å². The third kappa shape index (κ3) is 2.65. The van der Waals surface area contributed by atoms with Crippen LogP contribution in [0.25, 0.3) is 0 Å². The van der Waals surface area contributed by atoms with Gasteiger partial charge in [-0.3, -0.25) is 4.79 Å². The van der Waals surface area contributed by atoms with Gasteiger partial charge in [-0.05, 0) is 46.3 Å². The van der Waals surface area contributed by atoms with Crippen molar-refractivity contribution in [3.05, 3.63) is 58.1 Å². The number of para-hydroxylation sites is 1. The molecule has 0 aromatic heterocycles. The zero-order valence-electron chi connectivity index (χ0n) is 10.8. The van der Waals surface area contributed by atoms with Gasteiger partial charge in [-0.1, -0.05) is 12.1 Å². The summed E-state index contributed by atoms with van der Waals surface area (Å²) in [5.74, 6) is -0.216. The predicted octanol–water partition coefficient (Wildman–Crippen LogP) is 3.18.